The van der Waals surface area contributed by atoms with Crippen LogP contribution >= 0.6 is 0 Å². The molecule has 1 saturated heterocycles. The third kappa shape index (κ3) is 1.26. The van der Waals surface area contributed by atoms with E-state index in [4.69, 9.17) is 9.47 Å². The average molecular weight is 196 g/mol. The van der Waals surface area contributed by atoms with Gasteiger partial charge in [-0.05, 0) is 19.1 Å². The number of carbonyl (C=O) groups excluding carboxylic acids is 2. The summed E-state index contributed by atoms with van der Waals surface area (Å²) in [5.74, 6) is -0.262. The van der Waals surface area contributed by atoms with E-state index in [1.165, 1.54) is 13.0 Å². The third-order valence-electron chi connectivity index (χ3n) is 2.79. The van der Waals surface area contributed by atoms with Crippen LogP contribution < -0.4 is 0 Å². The van der Waals surface area contributed by atoms with Crippen LogP contribution in [0.2, 0.25) is 0 Å². The zero-order valence-corrected chi connectivity index (χ0v) is 8.20. The summed E-state index contributed by atoms with van der Waals surface area (Å²) in [7, 11) is 0. The first-order valence-corrected chi connectivity index (χ1v) is 4.53. The molecule has 1 aliphatic heterocycles. The Bertz CT molecular complexity index is 333. The second kappa shape index (κ2) is 2.67. The summed E-state index contributed by atoms with van der Waals surface area (Å²) in [6.07, 6.45) is 3.66. The van der Waals surface area contributed by atoms with Gasteiger partial charge in [-0.3, -0.25) is 9.59 Å². The van der Waals surface area contributed by atoms with Crippen molar-refractivity contribution in [1.82, 2.24) is 0 Å². The molecule has 76 valence electrons. The van der Waals surface area contributed by atoms with E-state index < -0.39 is 11.2 Å². The van der Waals surface area contributed by atoms with Crippen molar-refractivity contribution in [1.29, 1.82) is 0 Å². The first kappa shape index (κ1) is 9.40. The van der Waals surface area contributed by atoms with Gasteiger partial charge in [0.25, 0.3) is 0 Å². The highest BCUT2D eigenvalue weighted by molar-refractivity contribution is 5.94. The van der Waals surface area contributed by atoms with E-state index in [0.29, 0.717) is 6.42 Å². The van der Waals surface area contributed by atoms with Crippen LogP contribution in [0, 0.1) is 0 Å². The van der Waals surface area contributed by atoms with Gasteiger partial charge < -0.3 is 9.47 Å². The Kier molecular flexibility index (Phi) is 1.79. The lowest BCUT2D eigenvalue weighted by Crippen LogP contribution is -2.26. The minimum Gasteiger partial charge on any atom is -0.463 e. The molecule has 14 heavy (non-hydrogen) atoms. The van der Waals surface area contributed by atoms with Crippen molar-refractivity contribution in [3.63, 3.8) is 0 Å². The van der Waals surface area contributed by atoms with E-state index in [9.17, 15) is 9.59 Å². The number of ketones is 1. The molecule has 0 N–H and O–H groups in total. The summed E-state index contributed by atoms with van der Waals surface area (Å²) in [4.78, 5) is 21.7. The maximum atomic E-state index is 11.1. The third-order valence-corrected chi connectivity index (χ3v) is 2.79. The average Bonchev–Trinajstić information content (AvgIpc) is 2.43. The first-order valence-electron chi connectivity index (χ1n) is 4.53. The monoisotopic (exact) mass is 196 g/mol. The number of carbonyl (C=O) groups is 2. The summed E-state index contributed by atoms with van der Waals surface area (Å²) in [5.41, 5.74) is -1.01. The Balaban J connectivity index is 1.99. The smallest absolute Gasteiger partial charge is 0.302 e. The zero-order valence-electron chi connectivity index (χ0n) is 8.20. The second-order valence-electron chi connectivity index (χ2n) is 3.98. The van der Waals surface area contributed by atoms with Crippen LogP contribution in [0.15, 0.2) is 12.2 Å². The zero-order chi connectivity index (χ0) is 10.4. The summed E-state index contributed by atoms with van der Waals surface area (Å²) in [6, 6.07) is 0. The molecular weight excluding hydrogens is 184 g/mol. The van der Waals surface area contributed by atoms with Gasteiger partial charge in [-0.2, -0.15) is 0 Å². The Morgan fingerprint density at radius 3 is 2.93 bits per heavy atom. The van der Waals surface area contributed by atoms with E-state index in [0.717, 1.165) is 0 Å². The lowest BCUT2D eigenvalue weighted by molar-refractivity contribution is -0.142. The van der Waals surface area contributed by atoms with Crippen molar-refractivity contribution in [3.8, 4) is 0 Å². The number of ether oxygens (including phenoxy) is 2. The van der Waals surface area contributed by atoms with E-state index in [2.05, 4.69) is 0 Å². The van der Waals surface area contributed by atoms with Crippen LogP contribution in [0.5, 0.6) is 0 Å². The molecule has 4 heteroatoms. The number of esters is 1. The molecule has 1 heterocycles. The Hall–Kier alpha value is -1.16. The molecule has 2 atom stereocenters. The molecule has 1 aliphatic carbocycles. The van der Waals surface area contributed by atoms with Crippen LogP contribution in [0.1, 0.15) is 20.3 Å². The van der Waals surface area contributed by atoms with Gasteiger partial charge in [-0.25, -0.2) is 0 Å². The first-order chi connectivity index (χ1) is 6.47. The number of rotatable bonds is 2. The highest BCUT2D eigenvalue weighted by atomic mass is 16.7. The molecule has 2 aliphatic rings. The standard InChI is InChI=1S/C10H12O4/c1-7(11)13-6-9(2)10(14-9)4-3-8(12)5-10/h3-4H,5-6H2,1-2H3/t9-,10+/m1/s1. The number of hydrogen-bond donors (Lipinski definition) is 0. The fraction of sp³-hybridized carbons (Fsp3) is 0.600. The van der Waals surface area contributed by atoms with Crippen molar-refractivity contribution in [2.45, 2.75) is 31.5 Å². The Labute approximate surface area is 81.9 Å². The summed E-state index contributed by atoms with van der Waals surface area (Å²) < 4.78 is 10.4. The lowest BCUT2D eigenvalue weighted by Gasteiger charge is -2.08. The van der Waals surface area contributed by atoms with Gasteiger partial charge in [0.1, 0.15) is 17.8 Å². The predicted molar refractivity (Wildman–Crippen MR) is 47.6 cm³/mol. The molecule has 0 aromatic carbocycles. The van der Waals surface area contributed by atoms with E-state index >= 15 is 0 Å². The van der Waals surface area contributed by atoms with Crippen molar-refractivity contribution in [2.24, 2.45) is 0 Å². The fourth-order valence-electron chi connectivity index (χ4n) is 1.81. The topological polar surface area (TPSA) is 55.9 Å². The molecule has 1 fully saturated rings. The van der Waals surface area contributed by atoms with Gasteiger partial charge in [0.05, 0.1) is 0 Å². The van der Waals surface area contributed by atoms with Crippen molar-refractivity contribution in [2.75, 3.05) is 6.61 Å². The molecule has 0 bridgehead atoms. The molecule has 2 rings (SSSR count). The Morgan fingerprint density at radius 1 is 1.71 bits per heavy atom. The molecule has 0 aromatic rings. The normalized spacial score (nSPS) is 39.1. The lowest BCUT2D eigenvalue weighted by atomic mass is 9.94. The fourth-order valence-corrected chi connectivity index (χ4v) is 1.81. The maximum Gasteiger partial charge on any atom is 0.302 e. The largest absolute Gasteiger partial charge is 0.463 e. The molecule has 0 amide bonds. The summed E-state index contributed by atoms with van der Waals surface area (Å²) >= 11 is 0. The van der Waals surface area contributed by atoms with Crippen LogP contribution in [0.25, 0.3) is 0 Å². The molecule has 1 spiro atoms. The summed E-state index contributed by atoms with van der Waals surface area (Å²) in [5, 5.41) is 0. The highest BCUT2D eigenvalue weighted by Crippen LogP contribution is 2.53. The van der Waals surface area contributed by atoms with Crippen LogP contribution in [-0.2, 0) is 19.1 Å². The van der Waals surface area contributed by atoms with Crippen LogP contribution in [0.3, 0.4) is 0 Å². The second-order valence-corrected chi connectivity index (χ2v) is 3.98. The minimum atomic E-state index is -0.513. The van der Waals surface area contributed by atoms with E-state index in [1.54, 1.807) is 6.08 Å². The molecule has 4 nitrogen and oxygen atoms in total. The van der Waals surface area contributed by atoms with Gasteiger partial charge in [0.2, 0.25) is 0 Å². The van der Waals surface area contributed by atoms with Crippen molar-refractivity contribution < 1.29 is 19.1 Å². The van der Waals surface area contributed by atoms with E-state index in [-0.39, 0.29) is 18.4 Å². The van der Waals surface area contributed by atoms with Crippen LogP contribution in [0.4, 0.5) is 0 Å². The molecule has 0 saturated carbocycles. The maximum absolute atomic E-state index is 11.1. The van der Waals surface area contributed by atoms with Gasteiger partial charge >= 0.3 is 5.97 Å². The van der Waals surface area contributed by atoms with Crippen molar-refractivity contribution >= 4 is 11.8 Å². The highest BCUT2D eigenvalue weighted by Gasteiger charge is 2.68. The molecular formula is C10H12O4. The SMILES string of the molecule is CC(=O)OC[C@@]1(C)O[C@]12C=CC(=O)C2. The quantitative estimate of drug-likeness (QED) is 0.479. The van der Waals surface area contributed by atoms with Gasteiger partial charge in [-0.15, -0.1) is 0 Å². The van der Waals surface area contributed by atoms with Gasteiger partial charge in [-0.1, -0.05) is 0 Å². The molecule has 0 radical (unpaired) electrons. The predicted octanol–water partition coefficient (Wildman–Crippen LogP) is 0.606. The number of hydrogen-bond acceptors (Lipinski definition) is 4. The van der Waals surface area contributed by atoms with Crippen molar-refractivity contribution in [3.05, 3.63) is 12.2 Å². The molecule has 0 unspecified atom stereocenters. The Morgan fingerprint density at radius 2 is 2.43 bits per heavy atom. The van der Waals surface area contributed by atoms with Crippen LogP contribution in [-0.4, -0.2) is 29.6 Å². The van der Waals surface area contributed by atoms with E-state index in [1.807, 2.05) is 6.92 Å². The summed E-state index contributed by atoms with van der Waals surface area (Å²) in [6.45, 7) is 3.41. The number of allylic oxidation sites excluding steroid dienone is 1. The van der Waals surface area contributed by atoms with Gasteiger partial charge in [0, 0.05) is 13.3 Å². The van der Waals surface area contributed by atoms with Gasteiger partial charge in [0.15, 0.2) is 5.78 Å². The minimum absolute atomic E-state index is 0.0663. The number of epoxide rings is 1. The molecule has 0 aromatic heterocycles.